The first kappa shape index (κ1) is 30.5. The van der Waals surface area contributed by atoms with Crippen LogP contribution in [0, 0.1) is 18.7 Å². The normalized spacial score (nSPS) is 19.5. The van der Waals surface area contributed by atoms with Crippen LogP contribution >= 0.6 is 0 Å². The predicted molar refractivity (Wildman–Crippen MR) is 164 cm³/mol. The van der Waals surface area contributed by atoms with E-state index in [9.17, 15) is 19.1 Å². The molecule has 1 amide bonds. The standard InChI is InChI=1S/C35H41FN2O5/c1-5-8-9-22-10-12-25(13-11-22)33-31(35(40)41)28(27-14-15-29-34(21(27)4)43-20-42-29)18-38(33)19-30(39)37-32-23(6-2)16-26(36)17-24(32)7-3/h10-17,28,31,33H,5-9,18-20H2,1-4H3,(H,37,39)(H,40,41)/t28-,31?,33+/m1/s1. The number of nitrogens with one attached hydrogen (secondary N) is 1. The molecule has 43 heavy (non-hydrogen) atoms. The quantitative estimate of drug-likeness (QED) is 0.256. The first-order chi connectivity index (χ1) is 20.7. The molecule has 0 bridgehead atoms. The molecule has 1 saturated heterocycles. The maximum absolute atomic E-state index is 14.2. The predicted octanol–water partition coefficient (Wildman–Crippen LogP) is 6.81. The molecule has 0 spiro atoms. The van der Waals surface area contributed by atoms with Gasteiger partial charge in [-0.15, -0.1) is 0 Å². The van der Waals surface area contributed by atoms with Gasteiger partial charge in [0, 0.05) is 24.2 Å². The van der Waals surface area contributed by atoms with Gasteiger partial charge in [0.15, 0.2) is 11.5 Å². The van der Waals surface area contributed by atoms with Crippen molar-refractivity contribution in [3.63, 3.8) is 0 Å². The number of carbonyl (C=O) groups excluding carboxylic acids is 1. The van der Waals surface area contributed by atoms with Gasteiger partial charge >= 0.3 is 5.97 Å². The first-order valence-electron chi connectivity index (χ1n) is 15.3. The van der Waals surface area contributed by atoms with Gasteiger partial charge in [-0.3, -0.25) is 14.5 Å². The highest BCUT2D eigenvalue weighted by molar-refractivity contribution is 5.94. The number of hydrogen-bond acceptors (Lipinski definition) is 5. The molecule has 3 aromatic rings. The lowest BCUT2D eigenvalue weighted by molar-refractivity contribution is -0.143. The molecule has 228 valence electrons. The minimum atomic E-state index is -0.912. The van der Waals surface area contributed by atoms with Gasteiger partial charge in [-0.2, -0.15) is 0 Å². The zero-order valence-corrected chi connectivity index (χ0v) is 25.4. The number of aryl methyl sites for hydroxylation is 3. The van der Waals surface area contributed by atoms with Gasteiger partial charge < -0.3 is 19.9 Å². The Bertz CT molecular complexity index is 1460. The zero-order chi connectivity index (χ0) is 30.7. The molecule has 0 radical (unpaired) electrons. The number of carboxylic acid groups (broad SMARTS) is 1. The van der Waals surface area contributed by atoms with E-state index >= 15 is 0 Å². The summed E-state index contributed by atoms with van der Waals surface area (Å²) >= 11 is 0. The Kier molecular flexibility index (Phi) is 9.35. The summed E-state index contributed by atoms with van der Waals surface area (Å²) in [7, 11) is 0. The van der Waals surface area contributed by atoms with E-state index in [1.54, 1.807) is 0 Å². The van der Waals surface area contributed by atoms with E-state index < -0.39 is 17.9 Å². The van der Waals surface area contributed by atoms with E-state index in [1.165, 1.54) is 17.7 Å². The number of likely N-dealkylation sites (tertiary alicyclic amines) is 1. The molecule has 0 saturated carbocycles. The number of anilines is 1. The summed E-state index contributed by atoms with van der Waals surface area (Å²) in [6.07, 6.45) is 4.29. The number of amides is 1. The minimum absolute atomic E-state index is 0.00415. The number of carbonyl (C=O) groups is 2. The molecule has 0 aromatic heterocycles. The molecule has 7 nitrogen and oxygen atoms in total. The number of aliphatic carboxylic acids is 1. The van der Waals surface area contributed by atoms with Crippen molar-refractivity contribution in [2.24, 2.45) is 5.92 Å². The molecular formula is C35H41FN2O5. The van der Waals surface area contributed by atoms with Crippen LogP contribution in [0.1, 0.15) is 79.0 Å². The van der Waals surface area contributed by atoms with Crippen molar-refractivity contribution >= 4 is 17.6 Å². The molecule has 2 N–H and O–H groups in total. The van der Waals surface area contributed by atoms with Gasteiger partial charge in [-0.05, 0) is 84.2 Å². The number of rotatable bonds is 11. The first-order valence-corrected chi connectivity index (χ1v) is 15.3. The van der Waals surface area contributed by atoms with Crippen molar-refractivity contribution in [3.05, 3.63) is 87.7 Å². The summed E-state index contributed by atoms with van der Waals surface area (Å²) < 4.78 is 25.5. The molecular weight excluding hydrogens is 547 g/mol. The number of hydrogen-bond donors (Lipinski definition) is 2. The molecule has 5 rings (SSSR count). The average Bonchev–Trinajstić information content (AvgIpc) is 3.63. The molecule has 3 aromatic carbocycles. The van der Waals surface area contributed by atoms with Crippen molar-refractivity contribution in [3.8, 4) is 11.5 Å². The highest BCUT2D eigenvalue weighted by Gasteiger charge is 2.48. The Labute approximate surface area is 253 Å². The highest BCUT2D eigenvalue weighted by atomic mass is 19.1. The summed E-state index contributed by atoms with van der Waals surface area (Å²) in [5.74, 6) is -1.37. The lowest BCUT2D eigenvalue weighted by Crippen LogP contribution is -2.35. The smallest absolute Gasteiger partial charge is 0.309 e. The van der Waals surface area contributed by atoms with Crippen LogP contribution in [0.25, 0.3) is 0 Å². The number of nitrogens with zero attached hydrogens (tertiary/aromatic N) is 1. The van der Waals surface area contributed by atoms with E-state index in [0.717, 1.165) is 47.1 Å². The van der Waals surface area contributed by atoms with E-state index in [-0.39, 0.29) is 31.0 Å². The van der Waals surface area contributed by atoms with E-state index in [2.05, 4.69) is 24.4 Å². The van der Waals surface area contributed by atoms with Crippen molar-refractivity contribution in [1.82, 2.24) is 4.90 Å². The second kappa shape index (κ2) is 13.2. The Hall–Kier alpha value is -3.91. The van der Waals surface area contributed by atoms with Crippen LogP contribution in [0.2, 0.25) is 0 Å². The lowest BCUT2D eigenvalue weighted by Gasteiger charge is -2.27. The summed E-state index contributed by atoms with van der Waals surface area (Å²) in [5, 5.41) is 13.7. The maximum Gasteiger partial charge on any atom is 0.309 e. The highest BCUT2D eigenvalue weighted by Crippen LogP contribution is 2.49. The molecule has 1 fully saturated rings. The molecule has 2 aliphatic rings. The van der Waals surface area contributed by atoms with E-state index in [1.807, 2.05) is 49.9 Å². The molecule has 0 aliphatic carbocycles. The number of benzene rings is 3. The fraction of sp³-hybridized carbons (Fsp3) is 0.429. The number of halogens is 1. The third-order valence-corrected chi connectivity index (χ3v) is 8.89. The zero-order valence-electron chi connectivity index (χ0n) is 25.4. The van der Waals surface area contributed by atoms with Crippen LogP contribution in [-0.4, -0.2) is 41.8 Å². The van der Waals surface area contributed by atoms with Gasteiger partial charge in [0.1, 0.15) is 5.82 Å². The van der Waals surface area contributed by atoms with Gasteiger partial charge in [0.25, 0.3) is 0 Å². The number of ether oxygens (including phenoxy) is 2. The van der Waals surface area contributed by atoms with Gasteiger partial charge in [-0.1, -0.05) is 57.5 Å². The van der Waals surface area contributed by atoms with Gasteiger partial charge in [-0.25, -0.2) is 4.39 Å². The second-order valence-corrected chi connectivity index (χ2v) is 11.6. The fourth-order valence-electron chi connectivity index (χ4n) is 6.70. The Balaban J connectivity index is 1.50. The molecule has 2 heterocycles. The largest absolute Gasteiger partial charge is 0.481 e. The topological polar surface area (TPSA) is 88.1 Å². The van der Waals surface area contributed by atoms with Crippen LogP contribution in [0.5, 0.6) is 11.5 Å². The van der Waals surface area contributed by atoms with Crippen LogP contribution < -0.4 is 14.8 Å². The molecule has 8 heteroatoms. The summed E-state index contributed by atoms with van der Waals surface area (Å²) in [4.78, 5) is 28.7. The average molecular weight is 589 g/mol. The van der Waals surface area contributed by atoms with Crippen molar-refractivity contribution in [1.29, 1.82) is 0 Å². The third-order valence-electron chi connectivity index (χ3n) is 8.89. The Morgan fingerprint density at radius 2 is 1.72 bits per heavy atom. The van der Waals surface area contributed by atoms with Crippen LogP contribution in [0.15, 0.2) is 48.5 Å². The molecule has 3 atom stereocenters. The monoisotopic (exact) mass is 588 g/mol. The van der Waals surface area contributed by atoms with Gasteiger partial charge in [0.2, 0.25) is 12.7 Å². The Morgan fingerprint density at radius 3 is 2.35 bits per heavy atom. The van der Waals surface area contributed by atoms with Crippen molar-refractivity contribution < 1.29 is 28.6 Å². The van der Waals surface area contributed by atoms with Crippen molar-refractivity contribution in [2.75, 3.05) is 25.2 Å². The number of carboxylic acids is 1. The second-order valence-electron chi connectivity index (χ2n) is 11.6. The lowest BCUT2D eigenvalue weighted by atomic mass is 9.81. The van der Waals surface area contributed by atoms with Gasteiger partial charge in [0.05, 0.1) is 12.5 Å². The van der Waals surface area contributed by atoms with Crippen LogP contribution in [0.3, 0.4) is 0 Å². The molecule has 1 unspecified atom stereocenters. The minimum Gasteiger partial charge on any atom is -0.481 e. The summed E-state index contributed by atoms with van der Waals surface area (Å²) in [6.45, 7) is 8.45. The summed E-state index contributed by atoms with van der Waals surface area (Å²) in [5.41, 5.74) is 5.93. The van der Waals surface area contributed by atoms with Crippen molar-refractivity contribution in [2.45, 2.75) is 71.8 Å². The Morgan fingerprint density at radius 1 is 1.02 bits per heavy atom. The fourth-order valence-corrected chi connectivity index (χ4v) is 6.70. The summed E-state index contributed by atoms with van der Waals surface area (Å²) in [6, 6.07) is 14.3. The number of unbranched alkanes of at least 4 members (excludes halogenated alkanes) is 1. The maximum atomic E-state index is 14.2. The van der Waals surface area contributed by atoms with Crippen LogP contribution in [0.4, 0.5) is 10.1 Å². The third kappa shape index (κ3) is 6.25. The SMILES string of the molecule is CCCCc1ccc([C@H]2C(C(=O)O)[C@@H](c3ccc4c(c3C)OCO4)CN2CC(=O)Nc2c(CC)cc(F)cc2CC)cc1. The van der Waals surface area contributed by atoms with Crippen LogP contribution in [-0.2, 0) is 28.9 Å². The molecule has 2 aliphatic heterocycles. The van der Waals surface area contributed by atoms with E-state index in [4.69, 9.17) is 9.47 Å². The van der Waals surface area contributed by atoms with E-state index in [0.29, 0.717) is 36.6 Å². The number of fused-ring (bicyclic) bond motifs is 1.